The lowest BCUT2D eigenvalue weighted by Gasteiger charge is -1.95. The van der Waals surface area contributed by atoms with Crippen LogP contribution in [0.15, 0.2) is 48.5 Å². The Bertz CT molecular complexity index is 719. The number of thiophene rings is 1. The van der Waals surface area contributed by atoms with E-state index in [1.54, 1.807) is 0 Å². The monoisotopic (exact) mass is 266 g/mol. The van der Waals surface area contributed by atoms with Gasteiger partial charge in [-0.2, -0.15) is 0 Å². The van der Waals surface area contributed by atoms with Crippen LogP contribution < -0.4 is 0 Å². The molecule has 0 saturated carbocycles. The molecule has 0 atom stereocenters. The van der Waals surface area contributed by atoms with Crippen molar-refractivity contribution in [1.82, 2.24) is 0 Å². The van der Waals surface area contributed by atoms with E-state index >= 15 is 0 Å². The van der Waals surface area contributed by atoms with E-state index in [0.29, 0.717) is 0 Å². The highest BCUT2D eigenvalue weighted by molar-refractivity contribution is 7.25. The lowest BCUT2D eigenvalue weighted by molar-refractivity contribution is 0.816. The predicted molar refractivity (Wildman–Crippen MR) is 87.9 cm³/mol. The molecule has 0 bridgehead atoms. The van der Waals surface area contributed by atoms with E-state index in [-0.39, 0.29) is 0 Å². The molecule has 0 fully saturated rings. The maximum Gasteiger partial charge on any atom is 0.0361 e. The van der Waals surface area contributed by atoms with Crippen LogP contribution in [0, 0.1) is 0 Å². The maximum absolute atomic E-state index is 2.31. The van der Waals surface area contributed by atoms with Crippen LogP contribution in [-0.4, -0.2) is 0 Å². The third-order valence-corrected chi connectivity index (χ3v) is 4.57. The number of allylic oxidation sites excluding steroid dienone is 1. The van der Waals surface area contributed by atoms with E-state index < -0.39 is 0 Å². The molecule has 0 aliphatic heterocycles. The zero-order valence-corrected chi connectivity index (χ0v) is 12.0. The summed E-state index contributed by atoms with van der Waals surface area (Å²) in [5.41, 5.74) is 1.31. The third-order valence-electron chi connectivity index (χ3n) is 3.44. The van der Waals surface area contributed by atoms with Gasteiger partial charge >= 0.3 is 0 Å². The van der Waals surface area contributed by atoms with Gasteiger partial charge in [-0.3, -0.25) is 0 Å². The van der Waals surface area contributed by atoms with Gasteiger partial charge in [0.1, 0.15) is 0 Å². The van der Waals surface area contributed by atoms with E-state index in [0.717, 1.165) is 0 Å². The van der Waals surface area contributed by atoms with Crippen LogP contribution in [0.2, 0.25) is 0 Å². The quantitative estimate of drug-likeness (QED) is 0.489. The standard InChI is InChI=1S/C18H18S/c1-2-3-4-5-8-14-11-12-16-15-9-6-7-10-17(15)19-18(16)13-14/h5-13H,2-4H2,1H3/b8-5+. The van der Waals surface area contributed by atoms with Crippen molar-refractivity contribution in [3.63, 3.8) is 0 Å². The third kappa shape index (κ3) is 2.57. The molecule has 0 unspecified atom stereocenters. The van der Waals surface area contributed by atoms with Crippen molar-refractivity contribution >= 4 is 37.6 Å². The number of hydrogen-bond donors (Lipinski definition) is 0. The average molecular weight is 266 g/mol. The normalized spacial score (nSPS) is 11.8. The van der Waals surface area contributed by atoms with E-state index in [1.807, 2.05) is 11.3 Å². The highest BCUT2D eigenvalue weighted by Crippen LogP contribution is 2.34. The van der Waals surface area contributed by atoms with Crippen molar-refractivity contribution in [3.05, 3.63) is 54.1 Å². The second kappa shape index (κ2) is 5.58. The highest BCUT2D eigenvalue weighted by atomic mass is 32.1. The summed E-state index contributed by atoms with van der Waals surface area (Å²) in [5, 5.41) is 2.76. The summed E-state index contributed by atoms with van der Waals surface area (Å²) in [6, 6.07) is 15.4. The molecule has 1 aromatic heterocycles. The van der Waals surface area contributed by atoms with Crippen molar-refractivity contribution in [1.29, 1.82) is 0 Å². The summed E-state index contributed by atoms with van der Waals surface area (Å²) < 4.78 is 2.77. The first-order chi connectivity index (χ1) is 9.38. The van der Waals surface area contributed by atoms with Crippen LogP contribution in [0.25, 0.3) is 26.2 Å². The first-order valence-corrected chi connectivity index (χ1v) is 7.78. The number of benzene rings is 2. The van der Waals surface area contributed by atoms with Crippen LogP contribution in [0.1, 0.15) is 31.7 Å². The molecule has 0 aliphatic carbocycles. The molecule has 1 heteroatoms. The predicted octanol–water partition coefficient (Wildman–Crippen LogP) is 6.26. The lowest BCUT2D eigenvalue weighted by atomic mass is 10.1. The first kappa shape index (κ1) is 12.4. The Morgan fingerprint density at radius 3 is 2.74 bits per heavy atom. The first-order valence-electron chi connectivity index (χ1n) is 6.96. The van der Waals surface area contributed by atoms with Crippen molar-refractivity contribution in [2.45, 2.75) is 26.2 Å². The van der Waals surface area contributed by atoms with Crippen LogP contribution in [0.3, 0.4) is 0 Å². The zero-order valence-electron chi connectivity index (χ0n) is 11.2. The Labute approximate surface area is 118 Å². The second-order valence-corrected chi connectivity index (χ2v) is 5.98. The molecule has 0 aliphatic rings. The smallest absolute Gasteiger partial charge is 0.0361 e. The van der Waals surface area contributed by atoms with Gasteiger partial charge in [0.25, 0.3) is 0 Å². The summed E-state index contributed by atoms with van der Waals surface area (Å²) in [6.45, 7) is 2.23. The fraction of sp³-hybridized carbons (Fsp3) is 0.222. The summed E-state index contributed by atoms with van der Waals surface area (Å²) in [7, 11) is 0. The molecule has 0 spiro atoms. The number of hydrogen-bond acceptors (Lipinski definition) is 1. The van der Waals surface area contributed by atoms with Gasteiger partial charge in [-0.15, -0.1) is 11.3 Å². The molecule has 0 nitrogen and oxygen atoms in total. The van der Waals surface area contributed by atoms with E-state index in [1.165, 1.54) is 45.0 Å². The summed E-state index contributed by atoms with van der Waals surface area (Å²) in [6.07, 6.45) is 8.26. The molecule has 0 N–H and O–H groups in total. The molecule has 0 amide bonds. The zero-order chi connectivity index (χ0) is 13.1. The minimum Gasteiger partial charge on any atom is -0.135 e. The molecule has 96 valence electrons. The van der Waals surface area contributed by atoms with Gasteiger partial charge in [0, 0.05) is 20.2 Å². The van der Waals surface area contributed by atoms with Gasteiger partial charge in [0.05, 0.1) is 0 Å². The average Bonchev–Trinajstić information content (AvgIpc) is 2.81. The van der Waals surface area contributed by atoms with Gasteiger partial charge in [0.2, 0.25) is 0 Å². The van der Waals surface area contributed by atoms with Crippen molar-refractivity contribution in [2.75, 3.05) is 0 Å². The Balaban J connectivity index is 1.97. The van der Waals surface area contributed by atoms with E-state index in [9.17, 15) is 0 Å². The molecule has 0 saturated heterocycles. The van der Waals surface area contributed by atoms with Gasteiger partial charge in [0.15, 0.2) is 0 Å². The van der Waals surface area contributed by atoms with Crippen LogP contribution in [-0.2, 0) is 0 Å². The van der Waals surface area contributed by atoms with Crippen LogP contribution in [0.5, 0.6) is 0 Å². The van der Waals surface area contributed by atoms with E-state index in [4.69, 9.17) is 0 Å². The van der Waals surface area contributed by atoms with Crippen LogP contribution >= 0.6 is 11.3 Å². The molecule has 3 rings (SSSR count). The Morgan fingerprint density at radius 1 is 1.00 bits per heavy atom. The van der Waals surface area contributed by atoms with Crippen molar-refractivity contribution < 1.29 is 0 Å². The molecular formula is C18H18S. The van der Waals surface area contributed by atoms with Crippen molar-refractivity contribution in [3.8, 4) is 0 Å². The SMILES string of the molecule is CCCC/C=C/c1ccc2c(c1)sc1ccccc12. The van der Waals surface area contributed by atoms with Gasteiger partial charge in [-0.05, 0) is 24.1 Å². The van der Waals surface area contributed by atoms with Gasteiger partial charge < -0.3 is 0 Å². The molecule has 3 aromatic rings. The summed E-state index contributed by atoms with van der Waals surface area (Å²) >= 11 is 1.89. The molecule has 2 aromatic carbocycles. The highest BCUT2D eigenvalue weighted by Gasteiger charge is 2.03. The molecular weight excluding hydrogens is 248 g/mol. The van der Waals surface area contributed by atoms with Crippen molar-refractivity contribution in [2.24, 2.45) is 0 Å². The van der Waals surface area contributed by atoms with Crippen LogP contribution in [0.4, 0.5) is 0 Å². The topological polar surface area (TPSA) is 0 Å². The van der Waals surface area contributed by atoms with Gasteiger partial charge in [-0.25, -0.2) is 0 Å². The fourth-order valence-electron chi connectivity index (χ4n) is 2.39. The number of fused-ring (bicyclic) bond motifs is 3. The Kier molecular flexibility index (Phi) is 3.65. The van der Waals surface area contributed by atoms with E-state index in [2.05, 4.69) is 61.5 Å². The molecule has 0 radical (unpaired) electrons. The second-order valence-electron chi connectivity index (χ2n) is 4.90. The Hall–Kier alpha value is -1.60. The fourth-order valence-corrected chi connectivity index (χ4v) is 3.54. The largest absolute Gasteiger partial charge is 0.135 e. The molecule has 19 heavy (non-hydrogen) atoms. The minimum absolute atomic E-state index is 1.18. The number of unbranched alkanes of at least 4 members (excludes halogenated alkanes) is 2. The lowest BCUT2D eigenvalue weighted by Crippen LogP contribution is -1.72. The summed E-state index contributed by atoms with van der Waals surface area (Å²) in [4.78, 5) is 0. The summed E-state index contributed by atoms with van der Waals surface area (Å²) in [5.74, 6) is 0. The minimum atomic E-state index is 1.18. The molecule has 1 heterocycles. The number of rotatable bonds is 4. The Morgan fingerprint density at radius 2 is 1.84 bits per heavy atom. The maximum atomic E-state index is 2.31. The van der Waals surface area contributed by atoms with Gasteiger partial charge in [-0.1, -0.05) is 62.2 Å².